The van der Waals surface area contributed by atoms with Gasteiger partial charge in [-0.15, -0.1) is 0 Å². The Bertz CT molecular complexity index is 794. The summed E-state index contributed by atoms with van der Waals surface area (Å²) < 4.78 is 0. The summed E-state index contributed by atoms with van der Waals surface area (Å²) in [5, 5.41) is 14.9. The third-order valence-corrected chi connectivity index (χ3v) is 3.42. The van der Waals surface area contributed by atoms with Gasteiger partial charge in [-0.25, -0.2) is 0 Å². The molecule has 0 saturated carbocycles. The maximum absolute atomic E-state index is 11.9. The van der Waals surface area contributed by atoms with Crippen LogP contribution >= 0.6 is 0 Å². The van der Waals surface area contributed by atoms with E-state index in [1.807, 2.05) is 60.7 Å². The molecule has 23 heavy (non-hydrogen) atoms. The highest BCUT2D eigenvalue weighted by molar-refractivity contribution is 6.74. The Balaban J connectivity index is 1.95. The van der Waals surface area contributed by atoms with Crippen LogP contribution in [-0.2, 0) is 11.3 Å². The minimum Gasteiger partial charge on any atom is -0.410 e. The third kappa shape index (κ3) is 3.35. The quantitative estimate of drug-likeness (QED) is 0.676. The second-order valence-electron chi connectivity index (χ2n) is 5.02. The zero-order chi connectivity index (χ0) is 16.1. The molecule has 114 valence electrons. The number of allylic oxidation sites excluding steroid dienone is 1. The van der Waals surface area contributed by atoms with E-state index < -0.39 is 5.91 Å². The molecule has 0 atom stereocenters. The molecule has 1 heterocycles. The van der Waals surface area contributed by atoms with Crippen molar-refractivity contribution in [2.24, 2.45) is 10.1 Å². The van der Waals surface area contributed by atoms with Crippen LogP contribution in [0.15, 0.2) is 76.5 Å². The van der Waals surface area contributed by atoms with Crippen molar-refractivity contribution in [3.05, 3.63) is 77.5 Å². The zero-order valence-corrected chi connectivity index (χ0v) is 12.3. The first-order chi connectivity index (χ1) is 11.3. The number of oxime groups is 1. The van der Waals surface area contributed by atoms with Crippen molar-refractivity contribution in [2.75, 3.05) is 0 Å². The Morgan fingerprint density at radius 1 is 0.957 bits per heavy atom. The summed E-state index contributed by atoms with van der Waals surface area (Å²) in [6, 6.07) is 19.2. The zero-order valence-electron chi connectivity index (χ0n) is 12.3. The standard InChI is InChI=1S/C18H15N3O2/c22-18-17(21-23)16(19-12-14-9-5-2-6-10-14)15(20-18)11-13-7-3-1-4-8-13/h1-11,23H,12H2,(H,20,22)/b15-11+,19-16?,21-17+. The number of hydrogen-bond donors (Lipinski definition) is 2. The van der Waals surface area contributed by atoms with Crippen molar-refractivity contribution in [3.8, 4) is 0 Å². The highest BCUT2D eigenvalue weighted by Crippen LogP contribution is 2.14. The lowest BCUT2D eigenvalue weighted by Gasteiger charge is -2.01. The monoisotopic (exact) mass is 305 g/mol. The average molecular weight is 305 g/mol. The fourth-order valence-corrected chi connectivity index (χ4v) is 2.30. The largest absolute Gasteiger partial charge is 0.410 e. The second-order valence-corrected chi connectivity index (χ2v) is 5.02. The predicted molar refractivity (Wildman–Crippen MR) is 89.4 cm³/mol. The van der Waals surface area contributed by atoms with Gasteiger partial charge in [0.2, 0.25) is 0 Å². The maximum Gasteiger partial charge on any atom is 0.280 e. The van der Waals surface area contributed by atoms with Crippen LogP contribution in [0.4, 0.5) is 0 Å². The van der Waals surface area contributed by atoms with Crippen LogP contribution in [0.2, 0.25) is 0 Å². The number of nitrogens with zero attached hydrogens (tertiary/aromatic N) is 2. The summed E-state index contributed by atoms with van der Waals surface area (Å²) >= 11 is 0. The van der Waals surface area contributed by atoms with E-state index >= 15 is 0 Å². The molecule has 0 unspecified atom stereocenters. The van der Waals surface area contributed by atoms with E-state index in [4.69, 9.17) is 5.21 Å². The van der Waals surface area contributed by atoms with Crippen LogP contribution in [0, 0.1) is 0 Å². The smallest absolute Gasteiger partial charge is 0.280 e. The van der Waals surface area contributed by atoms with E-state index in [9.17, 15) is 4.79 Å². The third-order valence-electron chi connectivity index (χ3n) is 3.42. The minimum absolute atomic E-state index is 0.0666. The molecule has 5 nitrogen and oxygen atoms in total. The van der Waals surface area contributed by atoms with E-state index in [2.05, 4.69) is 15.5 Å². The number of carbonyl (C=O) groups is 1. The van der Waals surface area contributed by atoms with Gasteiger partial charge in [0, 0.05) is 0 Å². The summed E-state index contributed by atoms with van der Waals surface area (Å²) in [5.74, 6) is -0.457. The number of nitrogens with one attached hydrogen (secondary N) is 1. The number of carbonyl (C=O) groups excluding carboxylic acids is 1. The maximum atomic E-state index is 11.9. The molecule has 0 aliphatic carbocycles. The van der Waals surface area contributed by atoms with E-state index in [1.54, 1.807) is 6.08 Å². The molecule has 0 radical (unpaired) electrons. The first-order valence-electron chi connectivity index (χ1n) is 7.17. The SMILES string of the molecule is O=C1N/C(=C/c2ccccc2)C(=NCc2ccccc2)/C1=N\O. The first-order valence-corrected chi connectivity index (χ1v) is 7.17. The van der Waals surface area contributed by atoms with Crippen molar-refractivity contribution < 1.29 is 10.0 Å². The van der Waals surface area contributed by atoms with Crippen LogP contribution in [0.1, 0.15) is 11.1 Å². The van der Waals surface area contributed by atoms with Gasteiger partial charge in [0.05, 0.1) is 12.2 Å². The molecule has 3 rings (SSSR count). The van der Waals surface area contributed by atoms with Gasteiger partial charge < -0.3 is 10.5 Å². The van der Waals surface area contributed by atoms with Crippen LogP contribution < -0.4 is 5.32 Å². The molecule has 1 fully saturated rings. The molecular formula is C18H15N3O2. The van der Waals surface area contributed by atoms with Crippen molar-refractivity contribution in [2.45, 2.75) is 6.54 Å². The summed E-state index contributed by atoms with van der Waals surface area (Å²) in [6.45, 7) is 0.399. The predicted octanol–water partition coefficient (Wildman–Crippen LogP) is 2.63. The Hall–Kier alpha value is -3.21. The van der Waals surface area contributed by atoms with Crippen molar-refractivity contribution in [1.82, 2.24) is 5.32 Å². The van der Waals surface area contributed by atoms with Gasteiger partial charge in [-0.3, -0.25) is 9.79 Å². The van der Waals surface area contributed by atoms with Gasteiger partial charge in [0.25, 0.3) is 5.91 Å². The van der Waals surface area contributed by atoms with Crippen LogP contribution in [-0.4, -0.2) is 22.5 Å². The Morgan fingerprint density at radius 2 is 1.61 bits per heavy atom. The summed E-state index contributed by atoms with van der Waals surface area (Å²) in [7, 11) is 0. The van der Waals surface area contributed by atoms with Gasteiger partial charge >= 0.3 is 0 Å². The molecule has 0 aromatic heterocycles. The Labute approximate surface area is 133 Å². The van der Waals surface area contributed by atoms with Gasteiger partial charge in [0.1, 0.15) is 5.71 Å². The van der Waals surface area contributed by atoms with Gasteiger partial charge in [-0.05, 0) is 17.2 Å². The molecule has 0 spiro atoms. The lowest BCUT2D eigenvalue weighted by Crippen LogP contribution is -2.19. The van der Waals surface area contributed by atoms with Crippen molar-refractivity contribution in [1.29, 1.82) is 0 Å². The number of hydrogen-bond acceptors (Lipinski definition) is 4. The molecule has 1 amide bonds. The fourth-order valence-electron chi connectivity index (χ4n) is 2.30. The lowest BCUT2D eigenvalue weighted by atomic mass is 10.1. The topological polar surface area (TPSA) is 74.0 Å². The Morgan fingerprint density at radius 3 is 2.26 bits per heavy atom. The number of benzene rings is 2. The van der Waals surface area contributed by atoms with Crippen LogP contribution in [0.5, 0.6) is 0 Å². The molecule has 5 heteroatoms. The molecule has 1 aliphatic rings. The molecule has 0 bridgehead atoms. The highest BCUT2D eigenvalue weighted by Gasteiger charge is 2.31. The molecule has 2 aromatic rings. The molecule has 1 saturated heterocycles. The van der Waals surface area contributed by atoms with Gasteiger partial charge in [0.15, 0.2) is 5.71 Å². The number of rotatable bonds is 3. The van der Waals surface area contributed by atoms with Crippen molar-refractivity contribution >= 4 is 23.4 Å². The van der Waals surface area contributed by atoms with E-state index in [-0.39, 0.29) is 5.71 Å². The van der Waals surface area contributed by atoms with E-state index in [1.165, 1.54) is 0 Å². The van der Waals surface area contributed by atoms with Crippen LogP contribution in [0.25, 0.3) is 6.08 Å². The van der Waals surface area contributed by atoms with Crippen molar-refractivity contribution in [3.63, 3.8) is 0 Å². The molecular weight excluding hydrogens is 290 g/mol. The Kier molecular flexibility index (Phi) is 4.29. The number of aliphatic imine (C=N–C) groups is 1. The van der Waals surface area contributed by atoms with E-state index in [0.29, 0.717) is 18.0 Å². The second kappa shape index (κ2) is 6.70. The van der Waals surface area contributed by atoms with E-state index in [0.717, 1.165) is 11.1 Å². The lowest BCUT2D eigenvalue weighted by molar-refractivity contribution is -0.113. The number of amides is 1. The van der Waals surface area contributed by atoms with Crippen LogP contribution in [0.3, 0.4) is 0 Å². The summed E-state index contributed by atoms with van der Waals surface area (Å²) in [6.07, 6.45) is 1.81. The van der Waals surface area contributed by atoms with Gasteiger partial charge in [-0.1, -0.05) is 65.8 Å². The highest BCUT2D eigenvalue weighted by atomic mass is 16.4. The fraction of sp³-hybridized carbons (Fsp3) is 0.0556. The van der Waals surface area contributed by atoms with Gasteiger partial charge in [-0.2, -0.15) is 0 Å². The summed E-state index contributed by atoms with van der Waals surface area (Å²) in [4.78, 5) is 16.4. The summed E-state index contributed by atoms with van der Waals surface area (Å²) in [5.41, 5.74) is 2.77. The first kappa shape index (κ1) is 14.7. The molecule has 2 aromatic carbocycles. The average Bonchev–Trinajstić information content (AvgIpc) is 2.89. The minimum atomic E-state index is -0.457. The molecule has 2 N–H and O–H groups in total. The normalized spacial score (nSPS) is 19.5. The molecule has 1 aliphatic heterocycles.